The molecule has 0 amide bonds. The molecule has 0 aliphatic carbocycles. The maximum atomic E-state index is 13.8. The summed E-state index contributed by atoms with van der Waals surface area (Å²) in [5.74, 6) is -0.724. The Bertz CT molecular complexity index is 898. The lowest BCUT2D eigenvalue weighted by atomic mass is 10.3. The molecule has 1 aromatic carbocycles. The molecule has 1 fully saturated rings. The number of benzene rings is 1. The van der Waals surface area contributed by atoms with Crippen LogP contribution in [0.2, 0.25) is 0 Å². The first-order valence-electron chi connectivity index (χ1n) is 7.15. The quantitative estimate of drug-likeness (QED) is 0.827. The van der Waals surface area contributed by atoms with Gasteiger partial charge in [-0.15, -0.1) is 0 Å². The molecule has 24 heavy (non-hydrogen) atoms. The molecule has 1 aliphatic heterocycles. The van der Waals surface area contributed by atoms with Crippen LogP contribution in [-0.2, 0) is 10.0 Å². The number of nitriles is 1. The van der Waals surface area contributed by atoms with Gasteiger partial charge in [0.05, 0.1) is 6.54 Å². The molecule has 1 unspecified atom stereocenters. The molecule has 9 heteroatoms. The van der Waals surface area contributed by atoms with Gasteiger partial charge in [0.25, 0.3) is 5.88 Å². The van der Waals surface area contributed by atoms with Crippen LogP contribution in [0.25, 0.3) is 0 Å². The number of rotatable bonds is 4. The van der Waals surface area contributed by atoms with E-state index in [-0.39, 0.29) is 29.6 Å². The Morgan fingerprint density at radius 2 is 2.04 bits per heavy atom. The van der Waals surface area contributed by atoms with Gasteiger partial charge in [-0.3, -0.25) is 0 Å². The topological polar surface area (TPSA) is 96.2 Å². The minimum atomic E-state index is -3.93. The van der Waals surface area contributed by atoms with Gasteiger partial charge in [0.1, 0.15) is 22.9 Å². The minimum Gasteiger partial charge on any atom is -0.471 e. The van der Waals surface area contributed by atoms with Crippen molar-refractivity contribution in [3.05, 3.63) is 48.2 Å². The van der Waals surface area contributed by atoms with Crippen LogP contribution in [0.5, 0.6) is 5.88 Å². The summed E-state index contributed by atoms with van der Waals surface area (Å²) in [5.41, 5.74) is 0.0351. The molecule has 2 aromatic rings. The molecule has 0 saturated carbocycles. The highest BCUT2D eigenvalue weighted by atomic mass is 32.2. The van der Waals surface area contributed by atoms with Gasteiger partial charge in [0, 0.05) is 18.9 Å². The molecule has 0 N–H and O–H groups in total. The van der Waals surface area contributed by atoms with Gasteiger partial charge < -0.3 is 4.74 Å². The molecule has 3 rings (SSSR count). The lowest BCUT2D eigenvalue weighted by molar-refractivity contribution is 0.205. The predicted molar refractivity (Wildman–Crippen MR) is 80.9 cm³/mol. The summed E-state index contributed by atoms with van der Waals surface area (Å²) in [6.07, 6.45) is 2.69. The molecular formula is C15H13FN4O3S. The van der Waals surface area contributed by atoms with Gasteiger partial charge in [0.2, 0.25) is 15.7 Å². The van der Waals surface area contributed by atoms with Gasteiger partial charge in [0.15, 0.2) is 0 Å². The van der Waals surface area contributed by atoms with E-state index in [9.17, 15) is 12.8 Å². The third-order valence-corrected chi connectivity index (χ3v) is 5.51. The highest BCUT2D eigenvalue weighted by molar-refractivity contribution is 7.89. The van der Waals surface area contributed by atoms with E-state index in [1.54, 1.807) is 0 Å². The normalized spacial score (nSPS) is 18.2. The van der Waals surface area contributed by atoms with E-state index >= 15 is 0 Å². The van der Waals surface area contributed by atoms with Crippen molar-refractivity contribution in [1.29, 1.82) is 5.26 Å². The first-order valence-corrected chi connectivity index (χ1v) is 8.59. The summed E-state index contributed by atoms with van der Waals surface area (Å²) in [6.45, 7) is 0.252. The van der Waals surface area contributed by atoms with Gasteiger partial charge in [-0.25, -0.2) is 22.8 Å². The Kier molecular flexibility index (Phi) is 4.42. The lowest BCUT2D eigenvalue weighted by Gasteiger charge is -2.17. The van der Waals surface area contributed by atoms with E-state index in [1.807, 2.05) is 6.07 Å². The van der Waals surface area contributed by atoms with Crippen LogP contribution >= 0.6 is 0 Å². The fourth-order valence-electron chi connectivity index (χ4n) is 2.45. The van der Waals surface area contributed by atoms with E-state index in [0.29, 0.717) is 6.42 Å². The van der Waals surface area contributed by atoms with Gasteiger partial charge in [-0.2, -0.15) is 9.57 Å². The lowest BCUT2D eigenvalue weighted by Crippen LogP contribution is -2.31. The second-order valence-corrected chi connectivity index (χ2v) is 7.05. The second kappa shape index (κ2) is 6.51. The number of sulfonamides is 1. The molecular weight excluding hydrogens is 335 g/mol. The highest BCUT2D eigenvalue weighted by Crippen LogP contribution is 2.25. The molecule has 0 bridgehead atoms. The van der Waals surface area contributed by atoms with Crippen molar-refractivity contribution >= 4 is 10.0 Å². The predicted octanol–water partition coefficient (Wildman–Crippen LogP) is 1.33. The van der Waals surface area contributed by atoms with Gasteiger partial charge in [-0.05, 0) is 18.6 Å². The van der Waals surface area contributed by atoms with Crippen molar-refractivity contribution in [3.63, 3.8) is 0 Å². The summed E-state index contributed by atoms with van der Waals surface area (Å²) >= 11 is 0. The third-order valence-electron chi connectivity index (χ3n) is 3.61. The highest BCUT2D eigenvalue weighted by Gasteiger charge is 2.35. The molecule has 1 aromatic heterocycles. The first-order chi connectivity index (χ1) is 11.5. The molecule has 1 atom stereocenters. The maximum Gasteiger partial charge on any atom is 0.251 e. The molecule has 124 valence electrons. The van der Waals surface area contributed by atoms with Crippen LogP contribution in [-0.4, -0.2) is 41.9 Å². The summed E-state index contributed by atoms with van der Waals surface area (Å²) in [6, 6.07) is 7.11. The second-order valence-electron chi connectivity index (χ2n) is 5.14. The molecule has 0 radical (unpaired) electrons. The monoisotopic (exact) mass is 348 g/mol. The van der Waals surface area contributed by atoms with Crippen LogP contribution in [0.4, 0.5) is 4.39 Å². The van der Waals surface area contributed by atoms with Crippen LogP contribution in [0, 0.1) is 17.1 Å². The largest absolute Gasteiger partial charge is 0.471 e. The summed E-state index contributed by atoms with van der Waals surface area (Å²) in [4.78, 5) is 7.42. The van der Waals surface area contributed by atoms with Crippen molar-refractivity contribution < 1.29 is 17.5 Å². The summed E-state index contributed by atoms with van der Waals surface area (Å²) < 4.78 is 45.6. The summed E-state index contributed by atoms with van der Waals surface area (Å²) in [5, 5.41) is 8.97. The number of hydrogen-bond donors (Lipinski definition) is 0. The Morgan fingerprint density at radius 1 is 1.29 bits per heavy atom. The number of ether oxygens (including phenoxy) is 1. The van der Waals surface area contributed by atoms with Crippen LogP contribution in [0.1, 0.15) is 12.1 Å². The molecule has 2 heterocycles. The third kappa shape index (κ3) is 3.06. The average Bonchev–Trinajstić information content (AvgIpc) is 3.05. The van der Waals surface area contributed by atoms with Crippen LogP contribution in [0.15, 0.2) is 41.6 Å². The Labute approximate surface area is 138 Å². The van der Waals surface area contributed by atoms with Crippen molar-refractivity contribution in [2.45, 2.75) is 17.4 Å². The smallest absolute Gasteiger partial charge is 0.251 e. The maximum absolute atomic E-state index is 13.8. The van der Waals surface area contributed by atoms with Gasteiger partial charge >= 0.3 is 0 Å². The van der Waals surface area contributed by atoms with Crippen LogP contribution in [0.3, 0.4) is 0 Å². The molecule has 1 saturated heterocycles. The van der Waals surface area contributed by atoms with Crippen molar-refractivity contribution in [1.82, 2.24) is 14.3 Å². The molecule has 1 aliphatic rings. The standard InChI is InChI=1S/C15H13FN4O3S/c16-12-3-1-2-4-14(12)24(21,22)20-8-5-11(10-20)23-15-13(9-17)18-6-7-19-15/h1-4,6-7,11H,5,8,10H2. The van der Waals surface area contributed by atoms with Crippen LogP contribution < -0.4 is 4.74 Å². The fraction of sp³-hybridized carbons (Fsp3) is 0.267. The zero-order valence-corrected chi connectivity index (χ0v) is 13.3. The molecule has 7 nitrogen and oxygen atoms in total. The number of halogens is 1. The van der Waals surface area contributed by atoms with E-state index < -0.39 is 21.9 Å². The zero-order valence-electron chi connectivity index (χ0n) is 12.5. The fourth-order valence-corrected chi connectivity index (χ4v) is 4.00. The van der Waals surface area contributed by atoms with Crippen molar-refractivity contribution in [3.8, 4) is 11.9 Å². The zero-order chi connectivity index (χ0) is 17.2. The Hall–Kier alpha value is -2.57. The van der Waals surface area contributed by atoms with Crippen molar-refractivity contribution in [2.24, 2.45) is 0 Å². The number of hydrogen-bond acceptors (Lipinski definition) is 6. The number of aromatic nitrogens is 2. The number of nitrogens with zero attached hydrogens (tertiary/aromatic N) is 4. The van der Waals surface area contributed by atoms with E-state index in [4.69, 9.17) is 10.00 Å². The van der Waals surface area contributed by atoms with E-state index in [2.05, 4.69) is 9.97 Å². The van der Waals surface area contributed by atoms with E-state index in [1.165, 1.54) is 34.9 Å². The SMILES string of the molecule is N#Cc1nccnc1OC1CCN(S(=O)(=O)c2ccccc2F)C1. The first kappa shape index (κ1) is 16.3. The Morgan fingerprint density at radius 3 is 2.79 bits per heavy atom. The average molecular weight is 348 g/mol. The minimum absolute atomic E-state index is 0.0351. The van der Waals surface area contributed by atoms with Crippen molar-refractivity contribution in [2.75, 3.05) is 13.1 Å². The Balaban J connectivity index is 1.76. The summed E-state index contributed by atoms with van der Waals surface area (Å²) in [7, 11) is -3.93. The molecule has 0 spiro atoms. The van der Waals surface area contributed by atoms with E-state index in [0.717, 1.165) is 6.07 Å². The van der Waals surface area contributed by atoms with Gasteiger partial charge in [-0.1, -0.05) is 12.1 Å².